The highest BCUT2D eigenvalue weighted by atomic mass is 16.2. The molecule has 3 aliphatic rings. The van der Waals surface area contributed by atoms with Gasteiger partial charge in [-0.15, -0.1) is 0 Å². The first-order valence-corrected chi connectivity index (χ1v) is 14.9. The molecule has 7 nitrogen and oxygen atoms in total. The average molecular weight is 542 g/mol. The van der Waals surface area contributed by atoms with Gasteiger partial charge in [-0.2, -0.15) is 0 Å². The van der Waals surface area contributed by atoms with Gasteiger partial charge in [0, 0.05) is 68.5 Å². The van der Waals surface area contributed by atoms with E-state index in [2.05, 4.69) is 39.8 Å². The van der Waals surface area contributed by atoms with Crippen molar-refractivity contribution in [3.8, 4) is 0 Å². The first kappa shape index (κ1) is 28.1. The van der Waals surface area contributed by atoms with E-state index in [4.69, 9.17) is 5.41 Å². The quantitative estimate of drug-likeness (QED) is 0.389. The molecule has 1 saturated carbocycles. The molecule has 0 bridgehead atoms. The van der Waals surface area contributed by atoms with E-state index < -0.39 is 0 Å². The molecule has 40 heavy (non-hydrogen) atoms. The minimum Gasteiger partial charge on any atom is -0.393 e. The molecular formula is C33H43N5O2. The number of nitrogens with one attached hydrogen (secondary N) is 3. The molecule has 212 valence electrons. The number of anilines is 1. The normalized spacial score (nSPS) is 19.6. The molecule has 2 amide bonds. The Balaban J connectivity index is 1.14. The molecule has 2 saturated heterocycles. The van der Waals surface area contributed by atoms with Crippen molar-refractivity contribution < 1.29 is 9.59 Å². The van der Waals surface area contributed by atoms with Crippen LogP contribution in [0, 0.1) is 18.3 Å². The van der Waals surface area contributed by atoms with E-state index >= 15 is 0 Å². The van der Waals surface area contributed by atoms with Crippen LogP contribution in [0.5, 0.6) is 0 Å². The van der Waals surface area contributed by atoms with E-state index in [1.54, 1.807) is 0 Å². The van der Waals surface area contributed by atoms with Crippen molar-refractivity contribution in [2.45, 2.75) is 63.8 Å². The van der Waals surface area contributed by atoms with Crippen LogP contribution in [0.3, 0.4) is 0 Å². The molecule has 2 heterocycles. The number of nitrogens with zero attached hydrogens (tertiary/aromatic N) is 2. The molecule has 0 atom stereocenters. The van der Waals surface area contributed by atoms with Gasteiger partial charge >= 0.3 is 0 Å². The number of benzene rings is 2. The van der Waals surface area contributed by atoms with Crippen LogP contribution < -0.4 is 10.6 Å². The van der Waals surface area contributed by atoms with Gasteiger partial charge in [0.2, 0.25) is 5.91 Å². The predicted molar refractivity (Wildman–Crippen MR) is 162 cm³/mol. The van der Waals surface area contributed by atoms with Crippen LogP contribution in [0.1, 0.15) is 77.9 Å². The molecule has 2 aliphatic heterocycles. The van der Waals surface area contributed by atoms with Crippen molar-refractivity contribution >= 4 is 29.3 Å². The first-order chi connectivity index (χ1) is 19.5. The highest BCUT2D eigenvalue weighted by Gasteiger charge is 2.37. The fourth-order valence-electron chi connectivity index (χ4n) is 6.46. The molecule has 7 heteroatoms. The van der Waals surface area contributed by atoms with Crippen molar-refractivity contribution in [3.63, 3.8) is 0 Å². The van der Waals surface area contributed by atoms with Gasteiger partial charge in [0.05, 0.1) is 5.92 Å². The number of allylic oxidation sites excluding steroid dienone is 1. The molecule has 3 fully saturated rings. The van der Waals surface area contributed by atoms with Gasteiger partial charge in [0.25, 0.3) is 5.91 Å². The second-order valence-corrected chi connectivity index (χ2v) is 11.7. The summed E-state index contributed by atoms with van der Waals surface area (Å²) in [7, 11) is 1.83. The van der Waals surface area contributed by atoms with Gasteiger partial charge < -0.3 is 20.9 Å². The molecule has 0 unspecified atom stereocenters. The topological polar surface area (TPSA) is 88.5 Å². The summed E-state index contributed by atoms with van der Waals surface area (Å²) in [6, 6.07) is 14.8. The standard InChI is InChI=1S/C33H43N5O2/c1-23-8-9-27(18-31(23)36-32(39)29-21-38(22-29)30-6-4-3-5-7-30)33(40)37-16-14-26(15-17-37)24-10-12-25(13-11-24)28(19-34)20-35-2/h8-13,18-20,26,29-30,34-35H,3-7,14-17,21-22H2,1-2H3,(H,36,39)/b28-20+,34-19?. The lowest BCUT2D eigenvalue weighted by molar-refractivity contribution is -0.126. The van der Waals surface area contributed by atoms with Crippen molar-refractivity contribution in [1.82, 2.24) is 15.1 Å². The van der Waals surface area contributed by atoms with Crippen LogP contribution in [-0.2, 0) is 4.79 Å². The number of piperidine rings is 1. The van der Waals surface area contributed by atoms with Crippen molar-refractivity contribution in [2.24, 2.45) is 5.92 Å². The van der Waals surface area contributed by atoms with Crippen LogP contribution in [0.4, 0.5) is 5.69 Å². The summed E-state index contributed by atoms with van der Waals surface area (Å²) in [5, 5.41) is 13.7. The van der Waals surface area contributed by atoms with Crippen molar-refractivity contribution in [1.29, 1.82) is 5.41 Å². The van der Waals surface area contributed by atoms with Crippen LogP contribution in [0.25, 0.3) is 5.57 Å². The minimum atomic E-state index is 0.0317. The molecule has 5 rings (SSSR count). The Labute approximate surface area is 238 Å². The zero-order valence-electron chi connectivity index (χ0n) is 23.9. The summed E-state index contributed by atoms with van der Waals surface area (Å²) in [5.74, 6) is 0.549. The third-order valence-corrected chi connectivity index (χ3v) is 9.07. The van der Waals surface area contributed by atoms with Crippen LogP contribution in [-0.4, -0.2) is 67.1 Å². The highest BCUT2D eigenvalue weighted by molar-refractivity contribution is 6.08. The fraction of sp³-hybridized carbons (Fsp3) is 0.485. The maximum Gasteiger partial charge on any atom is 0.253 e. The maximum atomic E-state index is 13.4. The summed E-state index contributed by atoms with van der Waals surface area (Å²) >= 11 is 0. The summed E-state index contributed by atoms with van der Waals surface area (Å²) in [5.41, 5.74) is 5.50. The van der Waals surface area contributed by atoms with Crippen LogP contribution in [0.2, 0.25) is 0 Å². The number of carbonyl (C=O) groups excluding carboxylic acids is 2. The summed E-state index contributed by atoms with van der Waals surface area (Å²) in [6.45, 7) is 5.11. The molecule has 0 aromatic heterocycles. The van der Waals surface area contributed by atoms with Gasteiger partial charge in [0.1, 0.15) is 0 Å². The maximum absolute atomic E-state index is 13.4. The third-order valence-electron chi connectivity index (χ3n) is 9.07. The second-order valence-electron chi connectivity index (χ2n) is 11.7. The van der Waals surface area contributed by atoms with E-state index in [0.29, 0.717) is 30.6 Å². The number of aryl methyl sites for hydroxylation is 1. The Kier molecular flexibility index (Phi) is 9.00. The van der Waals surface area contributed by atoms with Gasteiger partial charge in [-0.3, -0.25) is 14.5 Å². The molecule has 3 N–H and O–H groups in total. The monoisotopic (exact) mass is 541 g/mol. The number of amides is 2. The van der Waals surface area contributed by atoms with E-state index in [1.165, 1.54) is 43.9 Å². The SMILES string of the molecule is CN/C=C(\C=N)c1ccc(C2CCN(C(=O)c3ccc(C)c(NC(=O)C4CN(C5CCCCC5)C4)c3)CC2)cc1. The Morgan fingerprint density at radius 2 is 1.60 bits per heavy atom. The van der Waals surface area contributed by atoms with Gasteiger partial charge in [-0.1, -0.05) is 49.6 Å². The Bertz CT molecular complexity index is 1230. The molecule has 2 aromatic carbocycles. The van der Waals surface area contributed by atoms with Crippen molar-refractivity contribution in [2.75, 3.05) is 38.5 Å². The zero-order chi connectivity index (χ0) is 28.1. The second kappa shape index (κ2) is 12.8. The zero-order valence-corrected chi connectivity index (χ0v) is 23.9. The first-order valence-electron chi connectivity index (χ1n) is 14.9. The number of hydrogen-bond donors (Lipinski definition) is 3. The Hall–Kier alpha value is -3.45. The summed E-state index contributed by atoms with van der Waals surface area (Å²) < 4.78 is 0. The molecule has 1 aliphatic carbocycles. The largest absolute Gasteiger partial charge is 0.393 e. The van der Waals surface area contributed by atoms with E-state index in [1.807, 2.05) is 43.3 Å². The lowest BCUT2D eigenvalue weighted by Crippen LogP contribution is -2.56. The number of likely N-dealkylation sites (tertiary alicyclic amines) is 2. The van der Waals surface area contributed by atoms with Gasteiger partial charge in [-0.05, 0) is 67.3 Å². The minimum absolute atomic E-state index is 0.0317. The average Bonchev–Trinajstić information content (AvgIpc) is 2.97. The molecule has 0 spiro atoms. The number of rotatable bonds is 8. The molecule has 0 radical (unpaired) electrons. The smallest absolute Gasteiger partial charge is 0.253 e. The highest BCUT2D eigenvalue weighted by Crippen LogP contribution is 2.31. The lowest BCUT2D eigenvalue weighted by Gasteiger charge is -2.45. The Morgan fingerprint density at radius 3 is 2.25 bits per heavy atom. The van der Waals surface area contributed by atoms with Crippen molar-refractivity contribution in [3.05, 3.63) is 70.9 Å². The Morgan fingerprint density at radius 1 is 0.925 bits per heavy atom. The predicted octanol–water partition coefficient (Wildman–Crippen LogP) is 5.43. The third kappa shape index (κ3) is 6.30. The number of carbonyl (C=O) groups is 2. The van der Waals surface area contributed by atoms with Crippen LogP contribution in [0.15, 0.2) is 48.7 Å². The summed E-state index contributed by atoms with van der Waals surface area (Å²) in [4.78, 5) is 30.8. The van der Waals surface area contributed by atoms with E-state index in [0.717, 1.165) is 48.3 Å². The van der Waals surface area contributed by atoms with E-state index in [-0.39, 0.29) is 17.7 Å². The van der Waals surface area contributed by atoms with Gasteiger partial charge in [0.15, 0.2) is 0 Å². The number of hydrogen-bond acceptors (Lipinski definition) is 5. The lowest BCUT2D eigenvalue weighted by atomic mass is 9.88. The summed E-state index contributed by atoms with van der Waals surface area (Å²) in [6.07, 6.45) is 11.5. The molecule has 2 aromatic rings. The van der Waals surface area contributed by atoms with Crippen LogP contribution >= 0.6 is 0 Å². The fourth-order valence-corrected chi connectivity index (χ4v) is 6.46. The van der Waals surface area contributed by atoms with E-state index in [9.17, 15) is 9.59 Å². The molecular weight excluding hydrogens is 498 g/mol. The van der Waals surface area contributed by atoms with Gasteiger partial charge in [-0.25, -0.2) is 0 Å².